The second-order valence-corrected chi connectivity index (χ2v) is 6.98. The van der Waals surface area contributed by atoms with Crippen molar-refractivity contribution < 1.29 is 14.1 Å². The molecular weight excluding hydrogens is 364 g/mol. The van der Waals surface area contributed by atoms with Gasteiger partial charge in [-0.15, -0.1) is 23.7 Å². The summed E-state index contributed by atoms with van der Waals surface area (Å²) in [6.07, 6.45) is 1.85. The first-order valence-electron chi connectivity index (χ1n) is 7.91. The Labute approximate surface area is 155 Å². The average Bonchev–Trinajstić information content (AvgIpc) is 3.10. The van der Waals surface area contributed by atoms with Crippen LogP contribution in [0.5, 0.6) is 0 Å². The molecule has 0 radical (unpaired) electrons. The molecule has 3 rings (SSSR count). The first kappa shape index (κ1) is 19.4. The number of primary amides is 1. The van der Waals surface area contributed by atoms with Gasteiger partial charge >= 0.3 is 0 Å². The van der Waals surface area contributed by atoms with Gasteiger partial charge in [0.25, 0.3) is 11.8 Å². The second kappa shape index (κ2) is 7.99. The molecule has 0 saturated heterocycles. The van der Waals surface area contributed by atoms with Crippen molar-refractivity contribution in [2.75, 3.05) is 18.4 Å². The van der Waals surface area contributed by atoms with Gasteiger partial charge in [-0.05, 0) is 31.9 Å². The van der Waals surface area contributed by atoms with Crippen LogP contribution >= 0.6 is 23.7 Å². The standard InChI is InChI=1S/C16H20N4O3S.ClH/c1-3-5-20-6-4-10-12(8-20)24-16(13(10)14(17)21)18-15(22)11-7-9(2)23-19-11;/h7H,3-6,8H2,1-2H3,(H2,17,21)(H,18,22);1H. The molecule has 0 aliphatic carbocycles. The van der Waals surface area contributed by atoms with Crippen molar-refractivity contribution in [3.8, 4) is 0 Å². The lowest BCUT2D eigenvalue weighted by atomic mass is 10.0. The molecule has 0 spiro atoms. The van der Waals surface area contributed by atoms with Crippen LogP contribution in [-0.4, -0.2) is 35.0 Å². The van der Waals surface area contributed by atoms with E-state index < -0.39 is 11.8 Å². The Balaban J connectivity index is 0.00000225. The number of nitrogens with zero attached hydrogens (tertiary/aromatic N) is 2. The SMILES string of the molecule is CCCN1CCc2c(sc(NC(=O)c3cc(C)on3)c2C(N)=O)C1.Cl. The van der Waals surface area contributed by atoms with Gasteiger partial charge in [-0.1, -0.05) is 12.1 Å². The van der Waals surface area contributed by atoms with Crippen LogP contribution in [0.4, 0.5) is 5.00 Å². The zero-order valence-electron chi connectivity index (χ0n) is 14.1. The van der Waals surface area contributed by atoms with Crippen LogP contribution in [0.3, 0.4) is 0 Å². The number of rotatable bonds is 5. The van der Waals surface area contributed by atoms with Gasteiger partial charge in [-0.2, -0.15) is 0 Å². The zero-order chi connectivity index (χ0) is 17.3. The smallest absolute Gasteiger partial charge is 0.278 e. The van der Waals surface area contributed by atoms with E-state index in [4.69, 9.17) is 10.3 Å². The summed E-state index contributed by atoms with van der Waals surface area (Å²) in [6, 6.07) is 1.55. The van der Waals surface area contributed by atoms with Crippen LogP contribution in [0.15, 0.2) is 10.6 Å². The fraction of sp³-hybridized carbons (Fsp3) is 0.438. The first-order valence-corrected chi connectivity index (χ1v) is 8.72. The largest absolute Gasteiger partial charge is 0.365 e. The molecule has 9 heteroatoms. The maximum Gasteiger partial charge on any atom is 0.278 e. The number of hydrogen-bond donors (Lipinski definition) is 2. The molecule has 0 fully saturated rings. The van der Waals surface area contributed by atoms with Crippen LogP contribution in [0.2, 0.25) is 0 Å². The van der Waals surface area contributed by atoms with Crippen LogP contribution in [-0.2, 0) is 13.0 Å². The fourth-order valence-corrected chi connectivity index (χ4v) is 4.24. The van der Waals surface area contributed by atoms with Gasteiger partial charge in [0.15, 0.2) is 5.69 Å². The molecule has 7 nitrogen and oxygen atoms in total. The molecule has 0 atom stereocenters. The Morgan fingerprint density at radius 1 is 1.48 bits per heavy atom. The number of amides is 2. The van der Waals surface area contributed by atoms with E-state index in [9.17, 15) is 9.59 Å². The molecule has 3 N–H and O–H groups in total. The van der Waals surface area contributed by atoms with Gasteiger partial charge < -0.3 is 15.6 Å². The highest BCUT2D eigenvalue weighted by Gasteiger charge is 2.28. The minimum absolute atomic E-state index is 0. The second-order valence-electron chi connectivity index (χ2n) is 5.88. The molecule has 0 aromatic carbocycles. The highest BCUT2D eigenvalue weighted by molar-refractivity contribution is 7.17. The van der Waals surface area contributed by atoms with Crippen molar-refractivity contribution in [2.24, 2.45) is 5.73 Å². The number of hydrogen-bond acceptors (Lipinski definition) is 6. The van der Waals surface area contributed by atoms with Gasteiger partial charge in [0, 0.05) is 24.0 Å². The third-order valence-corrected chi connectivity index (χ3v) is 5.14. The molecule has 1 aliphatic rings. The molecule has 3 heterocycles. The number of aryl methyl sites for hydroxylation is 1. The van der Waals surface area contributed by atoms with Crippen LogP contribution < -0.4 is 11.1 Å². The molecule has 136 valence electrons. The van der Waals surface area contributed by atoms with Gasteiger partial charge in [-0.3, -0.25) is 14.5 Å². The lowest BCUT2D eigenvalue weighted by Gasteiger charge is -2.26. The van der Waals surface area contributed by atoms with Crippen molar-refractivity contribution >= 4 is 40.6 Å². The Bertz CT molecular complexity index is 786. The predicted octanol–water partition coefficient (Wildman–Crippen LogP) is 2.59. The van der Waals surface area contributed by atoms with E-state index >= 15 is 0 Å². The summed E-state index contributed by atoms with van der Waals surface area (Å²) in [7, 11) is 0. The quantitative estimate of drug-likeness (QED) is 0.824. The van der Waals surface area contributed by atoms with E-state index in [1.165, 1.54) is 11.3 Å². The van der Waals surface area contributed by atoms with Crippen molar-refractivity contribution in [3.63, 3.8) is 0 Å². The maximum absolute atomic E-state index is 12.3. The maximum atomic E-state index is 12.3. The topological polar surface area (TPSA) is 101 Å². The van der Waals surface area contributed by atoms with Crippen LogP contribution in [0.1, 0.15) is 50.4 Å². The summed E-state index contributed by atoms with van der Waals surface area (Å²) in [5.41, 5.74) is 7.14. The Morgan fingerprint density at radius 2 is 2.24 bits per heavy atom. The summed E-state index contributed by atoms with van der Waals surface area (Å²) in [5.74, 6) is -0.364. The summed E-state index contributed by atoms with van der Waals surface area (Å²) < 4.78 is 4.92. The van der Waals surface area contributed by atoms with Crippen LogP contribution in [0, 0.1) is 6.92 Å². The number of aromatic nitrogens is 1. The third kappa shape index (κ3) is 4.02. The van der Waals surface area contributed by atoms with E-state index in [-0.39, 0.29) is 18.1 Å². The van der Waals surface area contributed by atoms with Crippen molar-refractivity contribution in [1.82, 2.24) is 10.1 Å². The number of carbonyl (C=O) groups is 2. The normalized spacial score (nSPS) is 13.8. The summed E-state index contributed by atoms with van der Waals surface area (Å²) in [5, 5.41) is 6.96. The zero-order valence-corrected chi connectivity index (χ0v) is 15.8. The highest BCUT2D eigenvalue weighted by atomic mass is 35.5. The number of carbonyl (C=O) groups excluding carboxylic acids is 2. The number of fused-ring (bicyclic) bond motifs is 1. The third-order valence-electron chi connectivity index (χ3n) is 4.01. The minimum Gasteiger partial charge on any atom is -0.365 e. The van der Waals surface area contributed by atoms with E-state index in [0.717, 1.165) is 42.9 Å². The number of anilines is 1. The lowest BCUT2D eigenvalue weighted by molar-refractivity contribution is 0.1000. The van der Waals surface area contributed by atoms with Gasteiger partial charge in [0.05, 0.1) is 5.56 Å². The van der Waals surface area contributed by atoms with Gasteiger partial charge in [0.1, 0.15) is 10.8 Å². The molecule has 1 aliphatic heterocycles. The summed E-state index contributed by atoms with van der Waals surface area (Å²) >= 11 is 1.42. The first-order chi connectivity index (χ1) is 11.5. The molecule has 2 aromatic rings. The lowest BCUT2D eigenvalue weighted by Crippen LogP contribution is -2.31. The Kier molecular flexibility index (Phi) is 6.21. The molecule has 0 unspecified atom stereocenters. The van der Waals surface area contributed by atoms with E-state index in [1.54, 1.807) is 13.0 Å². The molecule has 2 aromatic heterocycles. The minimum atomic E-state index is -0.511. The summed E-state index contributed by atoms with van der Waals surface area (Å²) in [6.45, 7) is 6.55. The average molecular weight is 385 g/mol. The van der Waals surface area contributed by atoms with E-state index in [1.807, 2.05) is 0 Å². The molecule has 25 heavy (non-hydrogen) atoms. The van der Waals surface area contributed by atoms with Crippen LogP contribution in [0.25, 0.3) is 0 Å². The number of thiophene rings is 1. The van der Waals surface area contributed by atoms with Gasteiger partial charge in [-0.25, -0.2) is 0 Å². The number of nitrogens with one attached hydrogen (secondary N) is 1. The van der Waals surface area contributed by atoms with Gasteiger partial charge in [0.2, 0.25) is 0 Å². The van der Waals surface area contributed by atoms with Crippen molar-refractivity contribution in [3.05, 3.63) is 33.5 Å². The molecule has 0 bridgehead atoms. The monoisotopic (exact) mass is 384 g/mol. The number of halogens is 1. The molecule has 0 saturated carbocycles. The molecule has 2 amide bonds. The number of nitrogens with two attached hydrogens (primary N) is 1. The Morgan fingerprint density at radius 3 is 2.84 bits per heavy atom. The molecular formula is C16H21ClN4O3S. The van der Waals surface area contributed by atoms with Crippen molar-refractivity contribution in [2.45, 2.75) is 33.2 Å². The highest BCUT2D eigenvalue weighted by Crippen LogP contribution is 2.37. The van der Waals surface area contributed by atoms with E-state index in [0.29, 0.717) is 16.3 Å². The summed E-state index contributed by atoms with van der Waals surface area (Å²) in [4.78, 5) is 27.6. The fourth-order valence-electron chi connectivity index (χ4n) is 2.95. The van der Waals surface area contributed by atoms with E-state index in [2.05, 4.69) is 22.3 Å². The van der Waals surface area contributed by atoms with Crippen molar-refractivity contribution in [1.29, 1.82) is 0 Å². The Hall–Kier alpha value is -1.90. The predicted molar refractivity (Wildman–Crippen MR) is 98.6 cm³/mol.